The predicted molar refractivity (Wildman–Crippen MR) is 70.9 cm³/mol. The van der Waals surface area contributed by atoms with Crippen molar-refractivity contribution in [3.63, 3.8) is 0 Å². The van der Waals surface area contributed by atoms with Gasteiger partial charge in [0.25, 0.3) is 0 Å². The average Bonchev–Trinajstić information content (AvgIpc) is 2.70. The molecule has 1 aromatic carbocycles. The second kappa shape index (κ2) is 5.41. The Balaban J connectivity index is 2.12. The first-order chi connectivity index (χ1) is 8.22. The first-order valence-electron chi connectivity index (χ1n) is 5.95. The van der Waals surface area contributed by atoms with E-state index in [2.05, 4.69) is 23.6 Å². The third-order valence-electron chi connectivity index (χ3n) is 3.16. The lowest BCUT2D eigenvalue weighted by molar-refractivity contribution is 0.252. The summed E-state index contributed by atoms with van der Waals surface area (Å²) in [5, 5.41) is 5.60. The molecule has 0 aromatic heterocycles. The quantitative estimate of drug-likeness (QED) is 0.798. The lowest BCUT2D eigenvalue weighted by Gasteiger charge is -2.13. The molecule has 2 N–H and O–H groups in total. The van der Waals surface area contributed by atoms with Gasteiger partial charge in [-0.2, -0.15) is 0 Å². The molecule has 2 rings (SSSR count). The highest BCUT2D eigenvalue weighted by atomic mass is 35.5. The minimum absolute atomic E-state index is 0.182. The number of alkyl halides is 1. The number of fused-ring (bicyclic) bond motifs is 1. The average molecular weight is 253 g/mol. The fourth-order valence-electron chi connectivity index (χ4n) is 2.37. The van der Waals surface area contributed by atoms with Crippen LogP contribution in [0.1, 0.15) is 30.4 Å². The smallest absolute Gasteiger partial charge is 0.319 e. The molecule has 2 amide bonds. The molecule has 1 unspecified atom stereocenters. The van der Waals surface area contributed by atoms with Gasteiger partial charge in [0.1, 0.15) is 0 Å². The van der Waals surface area contributed by atoms with Crippen LogP contribution in [-0.2, 0) is 6.42 Å². The van der Waals surface area contributed by atoms with Crippen LogP contribution in [-0.4, -0.2) is 18.5 Å². The summed E-state index contributed by atoms with van der Waals surface area (Å²) in [7, 11) is 0. The molecular formula is C13H17ClN2O. The molecule has 1 aliphatic rings. The van der Waals surface area contributed by atoms with Gasteiger partial charge in [0.2, 0.25) is 0 Å². The summed E-state index contributed by atoms with van der Waals surface area (Å²) in [5.74, 6) is 0.950. The van der Waals surface area contributed by atoms with Gasteiger partial charge < -0.3 is 10.6 Å². The minimum atomic E-state index is -0.182. The molecule has 1 aromatic rings. The summed E-state index contributed by atoms with van der Waals surface area (Å²) in [4.78, 5) is 11.6. The van der Waals surface area contributed by atoms with Crippen molar-refractivity contribution in [1.29, 1.82) is 0 Å². The van der Waals surface area contributed by atoms with Crippen LogP contribution >= 0.6 is 11.6 Å². The van der Waals surface area contributed by atoms with Crippen molar-refractivity contribution in [3.8, 4) is 0 Å². The fraction of sp³-hybridized carbons (Fsp3) is 0.462. The van der Waals surface area contributed by atoms with Crippen LogP contribution in [0, 0.1) is 0 Å². The lowest BCUT2D eigenvalue weighted by atomic mass is 10.0. The Bertz CT molecular complexity index is 420. The standard InChI is InChI=1S/C13H17ClN2O/c1-9-5-6-10-3-2-4-11(12(9)10)16-13(17)15-8-7-14/h2-4,9H,5-8H2,1H3,(H2,15,16,17). The first kappa shape index (κ1) is 12.2. The molecule has 92 valence electrons. The number of hydrogen-bond acceptors (Lipinski definition) is 1. The van der Waals surface area contributed by atoms with Crippen LogP contribution < -0.4 is 10.6 Å². The molecule has 0 heterocycles. The van der Waals surface area contributed by atoms with Gasteiger partial charge in [0, 0.05) is 18.1 Å². The normalized spacial score (nSPS) is 17.6. The second-order valence-corrected chi connectivity index (χ2v) is 4.77. The van der Waals surface area contributed by atoms with Crippen molar-refractivity contribution in [1.82, 2.24) is 5.32 Å². The first-order valence-corrected chi connectivity index (χ1v) is 6.48. The largest absolute Gasteiger partial charge is 0.337 e. The molecule has 0 bridgehead atoms. The summed E-state index contributed by atoms with van der Waals surface area (Å²) in [5.41, 5.74) is 3.57. The second-order valence-electron chi connectivity index (χ2n) is 4.39. The number of rotatable bonds is 3. The van der Waals surface area contributed by atoms with E-state index in [9.17, 15) is 4.79 Å². The van der Waals surface area contributed by atoms with E-state index in [4.69, 9.17) is 11.6 Å². The van der Waals surface area contributed by atoms with E-state index in [0.717, 1.165) is 18.5 Å². The predicted octanol–water partition coefficient (Wildman–Crippen LogP) is 3.10. The lowest BCUT2D eigenvalue weighted by Crippen LogP contribution is -2.30. The summed E-state index contributed by atoms with van der Waals surface area (Å²) in [6.07, 6.45) is 2.27. The van der Waals surface area contributed by atoms with Crippen molar-refractivity contribution >= 4 is 23.3 Å². The van der Waals surface area contributed by atoms with Gasteiger partial charge in [-0.3, -0.25) is 0 Å². The fourth-order valence-corrected chi connectivity index (χ4v) is 2.46. The van der Waals surface area contributed by atoms with E-state index in [1.807, 2.05) is 12.1 Å². The van der Waals surface area contributed by atoms with Crippen molar-refractivity contribution in [3.05, 3.63) is 29.3 Å². The molecule has 0 fully saturated rings. The van der Waals surface area contributed by atoms with Crippen LogP contribution in [0.3, 0.4) is 0 Å². The topological polar surface area (TPSA) is 41.1 Å². The van der Waals surface area contributed by atoms with Gasteiger partial charge in [0.05, 0.1) is 0 Å². The Kier molecular flexibility index (Phi) is 3.89. The van der Waals surface area contributed by atoms with E-state index in [0.29, 0.717) is 18.3 Å². The maximum absolute atomic E-state index is 11.6. The minimum Gasteiger partial charge on any atom is -0.337 e. The number of urea groups is 1. The monoisotopic (exact) mass is 252 g/mol. The molecule has 1 atom stereocenters. The third kappa shape index (κ3) is 2.72. The number of carbonyl (C=O) groups is 1. The maximum Gasteiger partial charge on any atom is 0.319 e. The van der Waals surface area contributed by atoms with Crippen LogP contribution in [0.15, 0.2) is 18.2 Å². The number of amides is 2. The molecule has 17 heavy (non-hydrogen) atoms. The molecule has 0 saturated carbocycles. The SMILES string of the molecule is CC1CCc2cccc(NC(=O)NCCCl)c21. The van der Waals surface area contributed by atoms with Crippen molar-refractivity contribution in [2.45, 2.75) is 25.7 Å². The van der Waals surface area contributed by atoms with Crippen molar-refractivity contribution < 1.29 is 4.79 Å². The van der Waals surface area contributed by atoms with Crippen LogP contribution in [0.4, 0.5) is 10.5 Å². The van der Waals surface area contributed by atoms with Crippen LogP contribution in [0.2, 0.25) is 0 Å². The van der Waals surface area contributed by atoms with Gasteiger partial charge >= 0.3 is 6.03 Å². The highest BCUT2D eigenvalue weighted by Crippen LogP contribution is 2.37. The Morgan fingerprint density at radius 2 is 2.35 bits per heavy atom. The van der Waals surface area contributed by atoms with E-state index >= 15 is 0 Å². The van der Waals surface area contributed by atoms with Gasteiger partial charge in [-0.25, -0.2) is 4.79 Å². The zero-order valence-corrected chi connectivity index (χ0v) is 10.7. The van der Waals surface area contributed by atoms with Crippen molar-refractivity contribution in [2.75, 3.05) is 17.7 Å². The van der Waals surface area contributed by atoms with Gasteiger partial charge in [0.15, 0.2) is 0 Å². The zero-order valence-electron chi connectivity index (χ0n) is 9.92. The highest BCUT2D eigenvalue weighted by Gasteiger charge is 2.22. The number of nitrogens with one attached hydrogen (secondary N) is 2. The third-order valence-corrected chi connectivity index (χ3v) is 3.35. The number of benzene rings is 1. The molecular weight excluding hydrogens is 236 g/mol. The van der Waals surface area contributed by atoms with Gasteiger partial charge in [-0.1, -0.05) is 19.1 Å². The van der Waals surface area contributed by atoms with Gasteiger partial charge in [-0.15, -0.1) is 11.6 Å². The van der Waals surface area contributed by atoms with E-state index in [1.54, 1.807) is 0 Å². The van der Waals surface area contributed by atoms with Crippen molar-refractivity contribution in [2.24, 2.45) is 0 Å². The summed E-state index contributed by atoms with van der Waals surface area (Å²) < 4.78 is 0. The van der Waals surface area contributed by atoms with E-state index in [1.165, 1.54) is 11.1 Å². The molecule has 0 saturated heterocycles. The molecule has 4 heteroatoms. The molecule has 0 aliphatic heterocycles. The summed E-state index contributed by atoms with van der Waals surface area (Å²) in [6, 6.07) is 5.91. The number of halogens is 1. The number of anilines is 1. The Labute approximate surface area is 107 Å². The van der Waals surface area contributed by atoms with Crippen LogP contribution in [0.5, 0.6) is 0 Å². The molecule has 0 radical (unpaired) electrons. The summed E-state index contributed by atoms with van der Waals surface area (Å²) in [6.45, 7) is 2.69. The van der Waals surface area contributed by atoms with Crippen LogP contribution in [0.25, 0.3) is 0 Å². The number of carbonyl (C=O) groups excluding carboxylic acids is 1. The molecule has 0 spiro atoms. The number of hydrogen-bond donors (Lipinski definition) is 2. The zero-order chi connectivity index (χ0) is 12.3. The Morgan fingerprint density at radius 3 is 3.12 bits per heavy atom. The Hall–Kier alpha value is -1.22. The molecule has 1 aliphatic carbocycles. The van der Waals surface area contributed by atoms with E-state index < -0.39 is 0 Å². The maximum atomic E-state index is 11.6. The summed E-state index contributed by atoms with van der Waals surface area (Å²) >= 11 is 5.52. The Morgan fingerprint density at radius 1 is 1.53 bits per heavy atom. The molecule has 3 nitrogen and oxygen atoms in total. The van der Waals surface area contributed by atoms with E-state index in [-0.39, 0.29) is 6.03 Å². The highest BCUT2D eigenvalue weighted by molar-refractivity contribution is 6.18. The number of aryl methyl sites for hydroxylation is 1. The van der Waals surface area contributed by atoms with Gasteiger partial charge in [-0.05, 0) is 36.0 Å².